The Morgan fingerprint density at radius 1 is 0.795 bits per heavy atom. The molecule has 8 heteroatoms. The lowest BCUT2D eigenvalue weighted by Gasteiger charge is -2.48. The molecule has 8 nitrogen and oxygen atoms in total. The predicted octanol–water partition coefficient (Wildman–Crippen LogP) is 4.10. The van der Waals surface area contributed by atoms with Crippen molar-refractivity contribution in [2.24, 2.45) is 0 Å². The first kappa shape index (κ1) is 28.9. The molecule has 1 aliphatic rings. The van der Waals surface area contributed by atoms with Crippen molar-refractivity contribution in [1.29, 1.82) is 0 Å². The third-order valence-electron chi connectivity index (χ3n) is 6.65. The second-order valence-electron chi connectivity index (χ2n) is 9.54. The average Bonchev–Trinajstić information content (AvgIpc) is 2.97. The van der Waals surface area contributed by atoms with Crippen LogP contribution in [-0.2, 0) is 48.4 Å². The molecular weight excluding hydrogens is 496 g/mol. The van der Waals surface area contributed by atoms with Gasteiger partial charge in [0.05, 0.1) is 39.6 Å². The minimum absolute atomic E-state index is 0.202. The van der Waals surface area contributed by atoms with Crippen molar-refractivity contribution in [3.63, 3.8) is 0 Å². The summed E-state index contributed by atoms with van der Waals surface area (Å²) in [5.41, 5.74) is 3.10. The molecule has 3 aromatic rings. The molecule has 1 saturated heterocycles. The van der Waals surface area contributed by atoms with Gasteiger partial charge in [-0.3, -0.25) is 9.63 Å². The number of hydrogen-bond acceptors (Lipinski definition) is 7. The van der Waals surface area contributed by atoms with Gasteiger partial charge in [0.15, 0.2) is 6.23 Å². The zero-order valence-electron chi connectivity index (χ0n) is 22.8. The fourth-order valence-electron chi connectivity index (χ4n) is 4.66. The van der Waals surface area contributed by atoms with Gasteiger partial charge in [-0.25, -0.2) is 0 Å². The number of nitrogens with one attached hydrogen (secondary N) is 1. The highest BCUT2D eigenvalue weighted by Crippen LogP contribution is 2.30. The van der Waals surface area contributed by atoms with Gasteiger partial charge in [0.25, 0.3) is 0 Å². The SMILES string of the molecule is CON(C)[C@@H]1O[C@H](COCc2ccccc2)[C@@H](OCc2ccccc2)[C@H](OCc2ccccc2)[C@H]1NC(C)=O. The Hall–Kier alpha value is -3.11. The molecule has 3 aromatic carbocycles. The third kappa shape index (κ3) is 8.44. The lowest BCUT2D eigenvalue weighted by atomic mass is 9.94. The van der Waals surface area contributed by atoms with E-state index in [9.17, 15) is 4.79 Å². The molecule has 0 unspecified atom stereocenters. The summed E-state index contributed by atoms with van der Waals surface area (Å²) in [7, 11) is 3.33. The van der Waals surface area contributed by atoms with Gasteiger partial charge in [-0.05, 0) is 16.7 Å². The maximum Gasteiger partial charge on any atom is 0.217 e. The number of amides is 1. The molecule has 0 aliphatic carbocycles. The van der Waals surface area contributed by atoms with Crippen LogP contribution in [0.3, 0.4) is 0 Å². The summed E-state index contributed by atoms with van der Waals surface area (Å²) in [6.45, 7) is 2.87. The highest BCUT2D eigenvalue weighted by atomic mass is 16.7. The number of likely N-dealkylation sites (N-methyl/N-ethyl adjacent to an activating group) is 1. The Balaban J connectivity index is 1.61. The number of rotatable bonds is 13. The Bertz CT molecular complexity index is 1120. The molecule has 0 radical (unpaired) electrons. The molecule has 39 heavy (non-hydrogen) atoms. The Morgan fingerprint density at radius 3 is 1.77 bits per heavy atom. The molecule has 1 aliphatic heterocycles. The summed E-state index contributed by atoms with van der Waals surface area (Å²) in [5.74, 6) is -0.202. The topological polar surface area (TPSA) is 78.5 Å². The normalized spacial score (nSPS) is 23.0. The molecule has 0 aromatic heterocycles. The quantitative estimate of drug-likeness (QED) is 0.331. The van der Waals surface area contributed by atoms with Gasteiger partial charge >= 0.3 is 0 Å². The van der Waals surface area contributed by atoms with Crippen molar-refractivity contribution in [3.8, 4) is 0 Å². The molecule has 1 heterocycles. The summed E-state index contributed by atoms with van der Waals surface area (Å²) in [6, 6.07) is 29.3. The Morgan fingerprint density at radius 2 is 1.28 bits per heavy atom. The highest BCUT2D eigenvalue weighted by molar-refractivity contribution is 5.73. The Labute approximate surface area is 230 Å². The number of ether oxygens (including phenoxy) is 4. The van der Waals surface area contributed by atoms with E-state index in [-0.39, 0.29) is 12.5 Å². The summed E-state index contributed by atoms with van der Waals surface area (Å²) >= 11 is 0. The van der Waals surface area contributed by atoms with Crippen LogP contribution in [-0.4, -0.2) is 62.3 Å². The van der Waals surface area contributed by atoms with Crippen LogP contribution in [0.4, 0.5) is 0 Å². The van der Waals surface area contributed by atoms with Crippen LogP contribution < -0.4 is 5.32 Å². The first-order valence-electron chi connectivity index (χ1n) is 13.2. The largest absolute Gasteiger partial charge is 0.374 e. The number of carbonyl (C=O) groups is 1. The van der Waals surface area contributed by atoms with E-state index in [2.05, 4.69) is 5.32 Å². The second-order valence-corrected chi connectivity index (χ2v) is 9.54. The van der Waals surface area contributed by atoms with Crippen LogP contribution in [0, 0.1) is 0 Å². The zero-order valence-corrected chi connectivity index (χ0v) is 22.8. The van der Waals surface area contributed by atoms with E-state index in [1.807, 2.05) is 91.0 Å². The lowest BCUT2D eigenvalue weighted by Crippen LogP contribution is -2.68. The first-order chi connectivity index (χ1) is 19.0. The van der Waals surface area contributed by atoms with Gasteiger partial charge in [-0.1, -0.05) is 91.0 Å². The minimum Gasteiger partial charge on any atom is -0.374 e. The van der Waals surface area contributed by atoms with E-state index in [0.717, 1.165) is 16.7 Å². The van der Waals surface area contributed by atoms with Crippen LogP contribution in [0.25, 0.3) is 0 Å². The Kier molecular flexibility index (Phi) is 11.0. The van der Waals surface area contributed by atoms with Crippen LogP contribution >= 0.6 is 0 Å². The van der Waals surface area contributed by atoms with Crippen LogP contribution in [0.15, 0.2) is 91.0 Å². The molecule has 5 atom stereocenters. The summed E-state index contributed by atoms with van der Waals surface area (Å²) in [6.07, 6.45) is -2.23. The number of benzene rings is 3. The average molecular weight is 535 g/mol. The zero-order chi connectivity index (χ0) is 27.5. The van der Waals surface area contributed by atoms with Gasteiger partial charge in [-0.15, -0.1) is 0 Å². The third-order valence-corrected chi connectivity index (χ3v) is 6.65. The molecule has 208 valence electrons. The lowest BCUT2D eigenvalue weighted by molar-refractivity contribution is -0.309. The van der Waals surface area contributed by atoms with E-state index in [1.165, 1.54) is 6.92 Å². The smallest absolute Gasteiger partial charge is 0.217 e. The van der Waals surface area contributed by atoms with Crippen molar-refractivity contribution in [2.45, 2.75) is 57.3 Å². The van der Waals surface area contributed by atoms with E-state index in [0.29, 0.717) is 19.8 Å². The van der Waals surface area contributed by atoms with Crippen LogP contribution in [0.1, 0.15) is 23.6 Å². The van der Waals surface area contributed by atoms with Crippen molar-refractivity contribution >= 4 is 5.91 Å². The van der Waals surface area contributed by atoms with Crippen molar-refractivity contribution in [2.75, 3.05) is 20.8 Å². The maximum atomic E-state index is 12.3. The van der Waals surface area contributed by atoms with E-state index >= 15 is 0 Å². The van der Waals surface area contributed by atoms with Crippen molar-refractivity contribution in [1.82, 2.24) is 10.4 Å². The minimum atomic E-state index is -0.637. The molecule has 4 rings (SSSR count). The molecule has 1 amide bonds. The van der Waals surface area contributed by atoms with E-state index < -0.39 is 30.6 Å². The van der Waals surface area contributed by atoms with Gasteiger partial charge in [0.2, 0.25) is 5.91 Å². The number of hydrogen-bond donors (Lipinski definition) is 1. The number of hydroxylamine groups is 2. The number of carbonyl (C=O) groups excluding carboxylic acids is 1. The van der Waals surface area contributed by atoms with Crippen molar-refractivity contribution < 1.29 is 28.6 Å². The monoisotopic (exact) mass is 534 g/mol. The molecule has 1 fully saturated rings. The highest BCUT2D eigenvalue weighted by Gasteiger charge is 2.49. The van der Waals surface area contributed by atoms with Gasteiger partial charge in [0, 0.05) is 14.0 Å². The first-order valence-corrected chi connectivity index (χ1v) is 13.2. The molecule has 0 saturated carbocycles. The molecule has 0 bridgehead atoms. The summed E-state index contributed by atoms with van der Waals surface area (Å²) in [4.78, 5) is 17.9. The summed E-state index contributed by atoms with van der Waals surface area (Å²) in [5, 5.41) is 4.61. The van der Waals surface area contributed by atoms with Crippen molar-refractivity contribution in [3.05, 3.63) is 108 Å². The van der Waals surface area contributed by atoms with Crippen LogP contribution in [0.5, 0.6) is 0 Å². The second kappa shape index (κ2) is 14.9. The molecular formula is C31H38N2O6. The van der Waals surface area contributed by atoms with Crippen LogP contribution in [0.2, 0.25) is 0 Å². The maximum absolute atomic E-state index is 12.3. The molecule has 0 spiro atoms. The van der Waals surface area contributed by atoms with Gasteiger partial charge in [-0.2, -0.15) is 5.06 Å². The number of nitrogens with zero attached hydrogens (tertiary/aromatic N) is 1. The van der Waals surface area contributed by atoms with E-state index in [1.54, 1.807) is 19.2 Å². The standard InChI is InChI=1S/C31H38N2O6/c1-23(34)32-28-30(38-21-26-17-11-6-12-18-26)29(37-20-25-15-9-5-10-16-25)27(39-31(28)33(2)35-3)22-36-19-24-13-7-4-8-14-24/h4-18,27-31H,19-22H2,1-3H3,(H,32,34)/t27-,28-,29-,30-,31-/m1/s1. The van der Waals surface area contributed by atoms with E-state index in [4.69, 9.17) is 23.8 Å². The predicted molar refractivity (Wildman–Crippen MR) is 147 cm³/mol. The molecule has 1 N–H and O–H groups in total. The van der Waals surface area contributed by atoms with Gasteiger partial charge < -0.3 is 24.3 Å². The summed E-state index contributed by atoms with van der Waals surface area (Å²) < 4.78 is 25.7. The fourth-order valence-corrected chi connectivity index (χ4v) is 4.66. The van der Waals surface area contributed by atoms with Gasteiger partial charge in [0.1, 0.15) is 18.3 Å². The fraction of sp³-hybridized carbons (Fsp3) is 0.387.